The minimum Gasteiger partial charge on any atom is -0.493 e. The van der Waals surface area contributed by atoms with Crippen LogP contribution < -0.4 is 9.47 Å². The molecule has 2 unspecified atom stereocenters. The molecule has 3 nitrogen and oxygen atoms in total. The van der Waals surface area contributed by atoms with Gasteiger partial charge in [0.1, 0.15) is 0 Å². The monoisotopic (exact) mass is 261 g/mol. The number of hydrogen-bond acceptors (Lipinski definition) is 3. The molecule has 2 fully saturated rings. The molecule has 0 saturated carbocycles. The Morgan fingerprint density at radius 2 is 1.84 bits per heavy atom. The average Bonchev–Trinajstić information content (AvgIpc) is 2.90. The van der Waals surface area contributed by atoms with Crippen LogP contribution in [0, 0.1) is 0 Å². The van der Waals surface area contributed by atoms with Gasteiger partial charge in [-0.3, -0.25) is 4.90 Å². The second-order valence-corrected chi connectivity index (χ2v) is 5.61. The lowest BCUT2D eigenvalue weighted by molar-refractivity contribution is 0.188. The Balaban J connectivity index is 1.85. The third-order valence-corrected chi connectivity index (χ3v) is 4.69. The Kier molecular flexibility index (Phi) is 3.65. The largest absolute Gasteiger partial charge is 0.493 e. The number of piperidine rings is 1. The normalized spacial score (nSPS) is 27.1. The quantitative estimate of drug-likeness (QED) is 0.834. The first-order valence-corrected chi connectivity index (χ1v) is 7.29. The van der Waals surface area contributed by atoms with E-state index in [1.165, 1.54) is 44.3 Å². The van der Waals surface area contributed by atoms with E-state index in [1.54, 1.807) is 14.2 Å². The molecule has 0 amide bonds. The topological polar surface area (TPSA) is 21.7 Å². The number of ether oxygens (including phenoxy) is 2. The predicted octanol–water partition coefficient (Wildman–Crippen LogP) is 3.05. The molecule has 0 bridgehead atoms. The number of fused-ring (bicyclic) bond motifs is 1. The summed E-state index contributed by atoms with van der Waals surface area (Å²) >= 11 is 0. The Labute approximate surface area is 115 Å². The van der Waals surface area contributed by atoms with Crippen molar-refractivity contribution in [3.63, 3.8) is 0 Å². The maximum atomic E-state index is 5.43. The molecule has 104 valence electrons. The lowest BCUT2D eigenvalue weighted by Gasteiger charge is -2.32. The summed E-state index contributed by atoms with van der Waals surface area (Å²) in [6, 6.07) is 7.16. The van der Waals surface area contributed by atoms with Gasteiger partial charge in [0.2, 0.25) is 0 Å². The van der Waals surface area contributed by atoms with Crippen LogP contribution in [0.15, 0.2) is 18.2 Å². The zero-order chi connectivity index (χ0) is 13.2. The second-order valence-electron chi connectivity index (χ2n) is 5.61. The molecular weight excluding hydrogens is 238 g/mol. The summed E-state index contributed by atoms with van der Waals surface area (Å²) < 4.78 is 10.8. The summed E-state index contributed by atoms with van der Waals surface area (Å²) in [6.45, 7) is 2.54. The van der Waals surface area contributed by atoms with Gasteiger partial charge >= 0.3 is 0 Å². The van der Waals surface area contributed by atoms with Crippen LogP contribution in [-0.2, 0) is 0 Å². The molecule has 0 radical (unpaired) electrons. The third-order valence-electron chi connectivity index (χ3n) is 4.69. The summed E-state index contributed by atoms with van der Waals surface area (Å²) in [7, 11) is 3.40. The summed E-state index contributed by atoms with van der Waals surface area (Å²) in [5.74, 6) is 2.35. The van der Waals surface area contributed by atoms with Crippen LogP contribution >= 0.6 is 0 Å². The molecule has 3 rings (SSSR count). The molecule has 0 aliphatic carbocycles. The first kappa shape index (κ1) is 12.8. The SMILES string of the molecule is COc1ccc(C2CCN3CCCCC23)cc1OC. The van der Waals surface area contributed by atoms with Gasteiger partial charge in [-0.1, -0.05) is 12.5 Å². The molecule has 0 N–H and O–H groups in total. The number of benzene rings is 1. The van der Waals surface area contributed by atoms with Crippen molar-refractivity contribution < 1.29 is 9.47 Å². The second kappa shape index (κ2) is 5.41. The van der Waals surface area contributed by atoms with Crippen molar-refractivity contribution in [2.75, 3.05) is 27.3 Å². The van der Waals surface area contributed by atoms with Gasteiger partial charge in [0.25, 0.3) is 0 Å². The molecule has 1 aromatic carbocycles. The van der Waals surface area contributed by atoms with E-state index in [0.29, 0.717) is 5.92 Å². The lowest BCUT2D eigenvalue weighted by atomic mass is 9.87. The Hall–Kier alpha value is -1.22. The van der Waals surface area contributed by atoms with E-state index in [-0.39, 0.29) is 0 Å². The highest BCUT2D eigenvalue weighted by atomic mass is 16.5. The van der Waals surface area contributed by atoms with E-state index in [2.05, 4.69) is 17.0 Å². The summed E-state index contributed by atoms with van der Waals surface area (Å²) in [4.78, 5) is 2.67. The van der Waals surface area contributed by atoms with E-state index >= 15 is 0 Å². The predicted molar refractivity (Wildman–Crippen MR) is 76.1 cm³/mol. The zero-order valence-electron chi connectivity index (χ0n) is 11.9. The molecule has 2 saturated heterocycles. The fourth-order valence-corrected chi connectivity index (χ4v) is 3.72. The molecular formula is C16H23NO2. The molecule has 2 aliphatic heterocycles. The highest BCUT2D eigenvalue weighted by molar-refractivity contribution is 5.44. The zero-order valence-corrected chi connectivity index (χ0v) is 11.9. The van der Waals surface area contributed by atoms with E-state index < -0.39 is 0 Å². The van der Waals surface area contributed by atoms with Gasteiger partial charge in [-0.05, 0) is 50.0 Å². The van der Waals surface area contributed by atoms with Crippen LogP contribution in [-0.4, -0.2) is 38.3 Å². The van der Waals surface area contributed by atoms with Crippen LogP contribution in [0.1, 0.15) is 37.2 Å². The number of rotatable bonds is 3. The minimum atomic E-state index is 0.667. The smallest absolute Gasteiger partial charge is 0.160 e. The maximum absolute atomic E-state index is 5.43. The van der Waals surface area contributed by atoms with Crippen molar-refractivity contribution >= 4 is 0 Å². The van der Waals surface area contributed by atoms with Crippen LogP contribution in [0.3, 0.4) is 0 Å². The van der Waals surface area contributed by atoms with Gasteiger partial charge < -0.3 is 9.47 Å². The van der Waals surface area contributed by atoms with E-state index in [0.717, 1.165) is 17.5 Å². The fraction of sp³-hybridized carbons (Fsp3) is 0.625. The molecule has 2 atom stereocenters. The van der Waals surface area contributed by atoms with E-state index in [4.69, 9.17) is 9.47 Å². The minimum absolute atomic E-state index is 0.667. The first-order chi connectivity index (χ1) is 9.33. The summed E-state index contributed by atoms with van der Waals surface area (Å²) in [6.07, 6.45) is 5.37. The highest BCUT2D eigenvalue weighted by Gasteiger charge is 2.36. The van der Waals surface area contributed by atoms with Crippen molar-refractivity contribution in [2.45, 2.75) is 37.6 Å². The lowest BCUT2D eigenvalue weighted by Crippen LogP contribution is -2.36. The van der Waals surface area contributed by atoms with Gasteiger partial charge in [0.15, 0.2) is 11.5 Å². The van der Waals surface area contributed by atoms with Crippen LogP contribution in [0.4, 0.5) is 0 Å². The van der Waals surface area contributed by atoms with Crippen molar-refractivity contribution in [1.29, 1.82) is 0 Å². The molecule has 0 aromatic heterocycles. The molecule has 1 aromatic rings. The summed E-state index contributed by atoms with van der Waals surface area (Å²) in [5, 5.41) is 0. The van der Waals surface area contributed by atoms with Gasteiger partial charge in [0, 0.05) is 12.0 Å². The fourth-order valence-electron chi connectivity index (χ4n) is 3.72. The third kappa shape index (κ3) is 2.32. The molecule has 2 heterocycles. The molecule has 0 spiro atoms. The highest BCUT2D eigenvalue weighted by Crippen LogP contribution is 2.40. The van der Waals surface area contributed by atoms with Crippen LogP contribution in [0.5, 0.6) is 11.5 Å². The Morgan fingerprint density at radius 1 is 1.00 bits per heavy atom. The number of nitrogens with zero attached hydrogens (tertiary/aromatic N) is 1. The molecule has 19 heavy (non-hydrogen) atoms. The number of methoxy groups -OCH3 is 2. The first-order valence-electron chi connectivity index (χ1n) is 7.29. The van der Waals surface area contributed by atoms with E-state index in [9.17, 15) is 0 Å². The maximum Gasteiger partial charge on any atom is 0.160 e. The van der Waals surface area contributed by atoms with Gasteiger partial charge in [0.05, 0.1) is 14.2 Å². The number of hydrogen-bond donors (Lipinski definition) is 0. The van der Waals surface area contributed by atoms with Crippen molar-refractivity contribution in [2.24, 2.45) is 0 Å². The van der Waals surface area contributed by atoms with Crippen molar-refractivity contribution in [3.8, 4) is 11.5 Å². The Morgan fingerprint density at radius 3 is 2.63 bits per heavy atom. The van der Waals surface area contributed by atoms with Gasteiger partial charge in [-0.25, -0.2) is 0 Å². The average molecular weight is 261 g/mol. The van der Waals surface area contributed by atoms with Gasteiger partial charge in [-0.15, -0.1) is 0 Å². The molecule has 3 heteroatoms. The van der Waals surface area contributed by atoms with Gasteiger partial charge in [-0.2, -0.15) is 0 Å². The van der Waals surface area contributed by atoms with Crippen molar-refractivity contribution in [1.82, 2.24) is 4.90 Å². The van der Waals surface area contributed by atoms with Crippen LogP contribution in [0.25, 0.3) is 0 Å². The Bertz CT molecular complexity index is 446. The standard InChI is InChI=1S/C16H23NO2/c1-18-15-7-6-12(11-16(15)19-2)13-8-10-17-9-4-3-5-14(13)17/h6-7,11,13-14H,3-5,8-10H2,1-2H3. The summed E-state index contributed by atoms with van der Waals surface area (Å²) in [5.41, 5.74) is 1.41. The van der Waals surface area contributed by atoms with Crippen LogP contribution in [0.2, 0.25) is 0 Å². The van der Waals surface area contributed by atoms with Crippen molar-refractivity contribution in [3.05, 3.63) is 23.8 Å². The van der Waals surface area contributed by atoms with E-state index in [1.807, 2.05) is 6.07 Å². The molecule has 2 aliphatic rings.